The van der Waals surface area contributed by atoms with Gasteiger partial charge in [0.25, 0.3) is 0 Å². The Hall–Kier alpha value is -2.64. The van der Waals surface area contributed by atoms with Crippen molar-refractivity contribution in [1.29, 1.82) is 0 Å². The highest BCUT2D eigenvalue weighted by atomic mass is 32.1. The maximum atomic E-state index is 12.5. The van der Waals surface area contributed by atoms with E-state index in [4.69, 9.17) is 14.5 Å². The van der Waals surface area contributed by atoms with Gasteiger partial charge in [-0.25, -0.2) is 4.98 Å². The molecule has 2 unspecified atom stereocenters. The van der Waals surface area contributed by atoms with Crippen molar-refractivity contribution in [3.63, 3.8) is 0 Å². The largest absolute Gasteiger partial charge is 0.454 e. The van der Waals surface area contributed by atoms with Crippen LogP contribution >= 0.6 is 11.3 Å². The van der Waals surface area contributed by atoms with Crippen molar-refractivity contribution in [3.8, 4) is 11.5 Å². The molecule has 1 aromatic heterocycles. The van der Waals surface area contributed by atoms with E-state index < -0.39 is 0 Å². The highest BCUT2D eigenvalue weighted by molar-refractivity contribution is 7.15. The van der Waals surface area contributed by atoms with Crippen LogP contribution in [-0.2, 0) is 11.2 Å². The second kappa shape index (κ2) is 7.31. The molecule has 2 aromatic rings. The molecule has 0 radical (unpaired) electrons. The number of hydrogen-bond acceptors (Lipinski definition) is 6. The first kappa shape index (κ1) is 18.4. The fourth-order valence-corrected chi connectivity index (χ4v) is 5.09. The van der Waals surface area contributed by atoms with Crippen LogP contribution in [0.15, 0.2) is 36.4 Å². The van der Waals surface area contributed by atoms with Gasteiger partial charge in [0.2, 0.25) is 12.7 Å². The van der Waals surface area contributed by atoms with E-state index in [9.17, 15) is 4.79 Å². The minimum Gasteiger partial charge on any atom is -0.454 e. The number of nitrogens with zero attached hydrogens (tertiary/aromatic N) is 2. The maximum Gasteiger partial charge on any atom is 0.231 e. The third kappa shape index (κ3) is 3.56. The minimum atomic E-state index is -0.0881. The van der Waals surface area contributed by atoms with Gasteiger partial charge in [-0.15, -0.1) is 11.3 Å². The lowest BCUT2D eigenvalue weighted by Gasteiger charge is -2.23. The molecule has 2 atom stereocenters. The fourth-order valence-electron chi connectivity index (χ4n) is 4.23. The van der Waals surface area contributed by atoms with Crippen LogP contribution in [0.1, 0.15) is 22.6 Å². The molecule has 5 rings (SSSR count). The predicted molar refractivity (Wildman–Crippen MR) is 113 cm³/mol. The zero-order valence-corrected chi connectivity index (χ0v) is 17.3. The van der Waals surface area contributed by atoms with Crippen LogP contribution in [0.5, 0.6) is 11.5 Å². The lowest BCUT2D eigenvalue weighted by Crippen LogP contribution is -2.27. The molecular formula is C22H23N3O3S. The number of benzene rings is 1. The van der Waals surface area contributed by atoms with E-state index in [1.807, 2.05) is 18.2 Å². The first-order chi connectivity index (χ1) is 14.1. The van der Waals surface area contributed by atoms with Gasteiger partial charge in [-0.05, 0) is 56.1 Å². The van der Waals surface area contributed by atoms with Crippen LogP contribution in [0.3, 0.4) is 0 Å². The Morgan fingerprint density at radius 1 is 1.34 bits per heavy atom. The first-order valence-corrected chi connectivity index (χ1v) is 10.6. The van der Waals surface area contributed by atoms with Gasteiger partial charge in [0.1, 0.15) is 0 Å². The summed E-state index contributed by atoms with van der Waals surface area (Å²) in [5.74, 6) is 1.87. The van der Waals surface area contributed by atoms with E-state index in [0.29, 0.717) is 22.8 Å². The maximum absolute atomic E-state index is 12.5. The average molecular weight is 410 g/mol. The van der Waals surface area contributed by atoms with E-state index in [-0.39, 0.29) is 19.1 Å². The Labute approximate surface area is 173 Å². The molecule has 1 aliphatic carbocycles. The molecule has 0 bridgehead atoms. The van der Waals surface area contributed by atoms with Gasteiger partial charge in [0.05, 0.1) is 12.1 Å². The number of nitrogens with one attached hydrogen (secondary N) is 1. The monoisotopic (exact) mass is 409 g/mol. The lowest BCUT2D eigenvalue weighted by molar-refractivity contribution is -0.115. The van der Waals surface area contributed by atoms with E-state index in [2.05, 4.69) is 42.4 Å². The molecular weight excluding hydrogens is 386 g/mol. The molecule has 2 aliphatic heterocycles. The molecule has 29 heavy (non-hydrogen) atoms. The molecule has 1 fully saturated rings. The molecule has 6 nitrogen and oxygen atoms in total. The molecule has 0 saturated carbocycles. The summed E-state index contributed by atoms with van der Waals surface area (Å²) in [5, 5.41) is 3.59. The van der Waals surface area contributed by atoms with E-state index in [0.717, 1.165) is 34.0 Å². The highest BCUT2D eigenvalue weighted by Gasteiger charge is 2.31. The Balaban J connectivity index is 1.28. The van der Waals surface area contributed by atoms with Crippen LogP contribution in [0, 0.1) is 12.8 Å². The number of aromatic nitrogens is 1. The van der Waals surface area contributed by atoms with Gasteiger partial charge < -0.3 is 14.8 Å². The van der Waals surface area contributed by atoms with Crippen molar-refractivity contribution in [2.45, 2.75) is 25.8 Å². The number of thiazole rings is 1. The number of likely N-dealkylation sites (tertiary alicyclic amines) is 1. The second-order valence-electron chi connectivity index (χ2n) is 7.74. The zero-order valence-electron chi connectivity index (χ0n) is 16.5. The molecule has 1 amide bonds. The predicted octanol–water partition coefficient (Wildman–Crippen LogP) is 3.63. The summed E-state index contributed by atoms with van der Waals surface area (Å²) < 4.78 is 10.7. The van der Waals surface area contributed by atoms with Gasteiger partial charge >= 0.3 is 0 Å². The number of likely N-dealkylation sites (N-methyl/N-ethyl adjacent to an activating group) is 1. The Morgan fingerprint density at radius 3 is 3.10 bits per heavy atom. The molecule has 0 spiro atoms. The van der Waals surface area contributed by atoms with Crippen molar-refractivity contribution in [1.82, 2.24) is 9.88 Å². The summed E-state index contributed by atoms with van der Waals surface area (Å²) in [4.78, 5) is 20.7. The quantitative estimate of drug-likeness (QED) is 0.835. The van der Waals surface area contributed by atoms with Gasteiger partial charge in [-0.3, -0.25) is 9.69 Å². The van der Waals surface area contributed by atoms with E-state index >= 15 is 0 Å². The van der Waals surface area contributed by atoms with Gasteiger partial charge in [0, 0.05) is 10.9 Å². The summed E-state index contributed by atoms with van der Waals surface area (Å²) >= 11 is 1.52. The summed E-state index contributed by atoms with van der Waals surface area (Å²) in [6, 6.07) is 6.08. The third-order valence-electron chi connectivity index (χ3n) is 5.75. The third-order valence-corrected chi connectivity index (χ3v) is 6.63. The number of amides is 1. The Bertz CT molecular complexity index is 1030. The average Bonchev–Trinajstić information content (AvgIpc) is 3.40. The van der Waals surface area contributed by atoms with Crippen molar-refractivity contribution in [2.24, 2.45) is 5.92 Å². The normalized spacial score (nSPS) is 22.5. The fraction of sp³-hybridized carbons (Fsp3) is 0.364. The molecule has 1 N–H and O–H groups in total. The Kier molecular flexibility index (Phi) is 4.64. The number of rotatable bonds is 4. The van der Waals surface area contributed by atoms with Crippen LogP contribution in [0.4, 0.5) is 5.13 Å². The summed E-state index contributed by atoms with van der Waals surface area (Å²) in [6.45, 7) is 3.41. The van der Waals surface area contributed by atoms with Crippen LogP contribution in [0.2, 0.25) is 0 Å². The van der Waals surface area contributed by atoms with E-state index in [1.54, 1.807) is 0 Å². The van der Waals surface area contributed by atoms with Gasteiger partial charge in [0.15, 0.2) is 16.6 Å². The van der Waals surface area contributed by atoms with E-state index in [1.165, 1.54) is 17.8 Å². The first-order valence-electron chi connectivity index (χ1n) is 9.83. The Morgan fingerprint density at radius 2 is 2.21 bits per heavy atom. The number of ether oxygens (including phenoxy) is 2. The topological polar surface area (TPSA) is 63.7 Å². The number of fused-ring (bicyclic) bond motifs is 2. The lowest BCUT2D eigenvalue weighted by atomic mass is 9.90. The van der Waals surface area contributed by atoms with Gasteiger partial charge in [-0.2, -0.15) is 0 Å². The second-order valence-corrected chi connectivity index (χ2v) is 8.94. The highest BCUT2D eigenvalue weighted by Crippen LogP contribution is 2.36. The number of carbonyl (C=O) groups is 1. The number of aryl methyl sites for hydroxylation is 1. The molecule has 3 heterocycles. The molecule has 7 heteroatoms. The number of carbonyl (C=O) groups excluding carboxylic acids is 1. The molecule has 1 aromatic carbocycles. The van der Waals surface area contributed by atoms with Crippen molar-refractivity contribution >= 4 is 27.9 Å². The van der Waals surface area contributed by atoms with Crippen molar-refractivity contribution in [3.05, 3.63) is 52.6 Å². The number of anilines is 1. The van der Waals surface area contributed by atoms with Crippen LogP contribution < -0.4 is 14.8 Å². The van der Waals surface area contributed by atoms with Crippen molar-refractivity contribution < 1.29 is 14.3 Å². The molecule has 150 valence electrons. The van der Waals surface area contributed by atoms with Crippen LogP contribution in [-0.4, -0.2) is 42.2 Å². The standard InChI is InChI=1S/C22H23N3O3S/c1-13-21(16-4-5-17-15(11-16)7-8-25(17)2)24-22(29-13)23-20(26)10-14-3-6-18-19(9-14)28-12-27-18/h3-6,9,11,15,17H,7-8,10,12H2,1-2H3,(H,23,24,26). The minimum absolute atomic E-state index is 0.0881. The van der Waals surface area contributed by atoms with Crippen LogP contribution in [0.25, 0.3) is 5.57 Å². The molecule has 3 aliphatic rings. The summed E-state index contributed by atoms with van der Waals surface area (Å²) in [5.41, 5.74) is 3.01. The number of allylic oxidation sites excluding steroid dienone is 2. The smallest absolute Gasteiger partial charge is 0.231 e. The summed E-state index contributed by atoms with van der Waals surface area (Å²) in [7, 11) is 2.18. The summed E-state index contributed by atoms with van der Waals surface area (Å²) in [6.07, 6.45) is 8.24. The number of hydrogen-bond donors (Lipinski definition) is 1. The van der Waals surface area contributed by atoms with Crippen molar-refractivity contribution in [2.75, 3.05) is 25.7 Å². The zero-order chi connectivity index (χ0) is 20.0. The molecule has 1 saturated heterocycles. The van der Waals surface area contributed by atoms with Gasteiger partial charge in [-0.1, -0.05) is 24.3 Å². The SMILES string of the molecule is Cc1sc(NC(=O)Cc2ccc3c(c2)OCO3)nc1C1=CC2CCN(C)C2C=C1.